The lowest BCUT2D eigenvalue weighted by Crippen LogP contribution is -3.27. The minimum atomic E-state index is -0.661. The molecule has 0 aliphatic carbocycles. The van der Waals surface area contributed by atoms with Crippen LogP contribution in [0.5, 0.6) is 11.5 Å². The highest BCUT2D eigenvalue weighted by molar-refractivity contribution is 6.39. The summed E-state index contributed by atoms with van der Waals surface area (Å²) >= 11 is 0. The van der Waals surface area contributed by atoms with Gasteiger partial charge in [0.1, 0.15) is 32.2 Å². The molecule has 2 heterocycles. The lowest BCUT2D eigenvalue weighted by atomic mass is 10.0. The van der Waals surface area contributed by atoms with E-state index in [1.54, 1.807) is 12.1 Å². The van der Waals surface area contributed by atoms with Crippen LogP contribution in [0.1, 0.15) is 17.2 Å². The van der Waals surface area contributed by atoms with Crippen LogP contribution in [0, 0.1) is 6.92 Å². The molecule has 8 nitrogen and oxygen atoms in total. The number of carbonyl (C=O) groups excluding carboxylic acids is 2. The third kappa shape index (κ3) is 5.15. The van der Waals surface area contributed by atoms with Crippen LogP contribution in [0.25, 0.3) is 0 Å². The summed E-state index contributed by atoms with van der Waals surface area (Å²) in [5.41, 5.74) is 2.76. The first-order valence-electron chi connectivity index (χ1n) is 10.7. The number of fused-ring (bicyclic) bond motifs is 1. The van der Waals surface area contributed by atoms with Gasteiger partial charge in [-0.2, -0.15) is 0 Å². The van der Waals surface area contributed by atoms with Crippen LogP contribution in [-0.4, -0.2) is 58.4 Å². The number of hydrogen-bond donors (Lipinski definition) is 4. The van der Waals surface area contributed by atoms with Crippen molar-refractivity contribution >= 4 is 17.5 Å². The molecule has 164 valence electrons. The second kappa shape index (κ2) is 9.36. The average molecular weight is 427 g/mol. The van der Waals surface area contributed by atoms with E-state index in [9.17, 15) is 9.59 Å². The molecule has 0 saturated carbocycles. The molecule has 2 aromatic rings. The van der Waals surface area contributed by atoms with Crippen LogP contribution in [-0.2, 0) is 9.59 Å². The van der Waals surface area contributed by atoms with Crippen molar-refractivity contribution in [3.05, 3.63) is 53.6 Å². The molecule has 1 atom stereocenters. The SMILES string of the molecule is Cc1ccc(NC(=O)C(=O)NC[C@H](c2ccc3c(c2)OCO3)[NH+]2CC[NH+](C)CC2)cc1. The maximum absolute atomic E-state index is 12.5. The molecule has 2 aliphatic rings. The standard InChI is InChI=1S/C23H28N4O4/c1-16-3-6-18(7-4-16)25-23(29)22(28)24-14-19(27-11-9-26(2)10-12-27)17-5-8-20-21(13-17)31-15-30-20/h3-8,13,19H,9-12,14-15H2,1-2H3,(H,24,28)(H,25,29)/p+2/t19-/m1/s1. The predicted molar refractivity (Wildman–Crippen MR) is 115 cm³/mol. The number of anilines is 1. The van der Waals surface area contributed by atoms with Crippen LogP contribution in [0.15, 0.2) is 42.5 Å². The third-order valence-corrected chi connectivity index (χ3v) is 6.02. The monoisotopic (exact) mass is 426 g/mol. The molecule has 0 bridgehead atoms. The van der Waals surface area contributed by atoms with Crippen molar-refractivity contribution in [1.29, 1.82) is 0 Å². The molecule has 0 aromatic heterocycles. The molecule has 0 unspecified atom stereocenters. The Hall–Kier alpha value is -3.10. The van der Waals surface area contributed by atoms with Crippen molar-refractivity contribution in [1.82, 2.24) is 5.32 Å². The molecule has 1 fully saturated rings. The Labute approximate surface area is 182 Å². The van der Waals surface area contributed by atoms with Gasteiger partial charge in [-0.3, -0.25) is 9.59 Å². The molecule has 8 heteroatoms. The fourth-order valence-electron chi connectivity index (χ4n) is 4.07. The molecule has 4 N–H and O–H groups in total. The van der Waals surface area contributed by atoms with Crippen LogP contribution >= 0.6 is 0 Å². The number of benzene rings is 2. The van der Waals surface area contributed by atoms with Crippen LogP contribution < -0.4 is 29.9 Å². The van der Waals surface area contributed by atoms with E-state index in [0.29, 0.717) is 12.2 Å². The molecule has 2 aromatic carbocycles. The first-order chi connectivity index (χ1) is 15.0. The summed E-state index contributed by atoms with van der Waals surface area (Å²) in [6.45, 7) is 6.69. The number of rotatable bonds is 5. The number of amides is 2. The van der Waals surface area contributed by atoms with Gasteiger partial charge in [0.05, 0.1) is 13.6 Å². The highest BCUT2D eigenvalue weighted by Crippen LogP contribution is 2.33. The number of aryl methyl sites for hydroxylation is 1. The minimum Gasteiger partial charge on any atom is -0.454 e. The molecular weight excluding hydrogens is 396 g/mol. The van der Waals surface area contributed by atoms with E-state index in [2.05, 4.69) is 17.7 Å². The largest absolute Gasteiger partial charge is 0.454 e. The lowest BCUT2D eigenvalue weighted by molar-refractivity contribution is -1.02. The van der Waals surface area contributed by atoms with Crippen LogP contribution in [0.3, 0.4) is 0 Å². The number of nitrogens with one attached hydrogen (secondary N) is 4. The van der Waals surface area contributed by atoms with Crippen molar-refractivity contribution in [3.63, 3.8) is 0 Å². The molecule has 31 heavy (non-hydrogen) atoms. The molecule has 0 spiro atoms. The summed E-state index contributed by atoms with van der Waals surface area (Å²) in [4.78, 5) is 27.7. The number of carbonyl (C=O) groups is 2. The normalized spacial score (nSPS) is 20.7. The summed E-state index contributed by atoms with van der Waals surface area (Å²) in [7, 11) is 2.20. The van der Waals surface area contributed by atoms with Gasteiger partial charge in [-0.05, 0) is 37.3 Å². The number of ether oxygens (including phenoxy) is 2. The zero-order valence-corrected chi connectivity index (χ0v) is 18.0. The number of likely N-dealkylation sites (N-methyl/N-ethyl adjacent to an activating group) is 1. The molecule has 1 saturated heterocycles. The van der Waals surface area contributed by atoms with Gasteiger partial charge in [-0.15, -0.1) is 0 Å². The van der Waals surface area contributed by atoms with Crippen molar-refractivity contribution in [2.45, 2.75) is 13.0 Å². The van der Waals surface area contributed by atoms with Crippen LogP contribution in [0.4, 0.5) is 5.69 Å². The van der Waals surface area contributed by atoms with Crippen molar-refractivity contribution in [2.75, 3.05) is 51.9 Å². The Kier molecular flexibility index (Phi) is 6.39. The Morgan fingerprint density at radius 2 is 1.68 bits per heavy atom. The Bertz CT molecular complexity index is 939. The second-order valence-corrected chi connectivity index (χ2v) is 8.31. The maximum Gasteiger partial charge on any atom is 0.313 e. The van der Waals surface area contributed by atoms with Gasteiger partial charge in [-0.1, -0.05) is 17.7 Å². The van der Waals surface area contributed by atoms with Gasteiger partial charge in [0.25, 0.3) is 0 Å². The Balaban J connectivity index is 1.43. The summed E-state index contributed by atoms with van der Waals surface area (Å²) in [6.07, 6.45) is 0. The van der Waals surface area contributed by atoms with E-state index in [1.165, 1.54) is 9.80 Å². The summed E-state index contributed by atoms with van der Waals surface area (Å²) in [6, 6.07) is 13.3. The number of quaternary nitrogens is 2. The fourth-order valence-corrected chi connectivity index (χ4v) is 4.07. The first kappa shape index (κ1) is 21.1. The van der Waals surface area contributed by atoms with Crippen molar-refractivity contribution < 1.29 is 28.9 Å². The second-order valence-electron chi connectivity index (χ2n) is 8.31. The first-order valence-corrected chi connectivity index (χ1v) is 10.7. The van der Waals surface area contributed by atoms with E-state index < -0.39 is 11.8 Å². The van der Waals surface area contributed by atoms with Crippen molar-refractivity contribution in [3.8, 4) is 11.5 Å². The third-order valence-electron chi connectivity index (χ3n) is 6.02. The van der Waals surface area contributed by atoms with E-state index in [4.69, 9.17) is 9.47 Å². The number of piperazine rings is 1. The summed E-state index contributed by atoms with van der Waals surface area (Å²) in [5, 5.41) is 5.49. The van der Waals surface area contributed by atoms with Gasteiger partial charge >= 0.3 is 11.8 Å². The van der Waals surface area contributed by atoms with Gasteiger partial charge in [-0.25, -0.2) is 0 Å². The van der Waals surface area contributed by atoms with E-state index in [-0.39, 0.29) is 12.8 Å². The topological polar surface area (TPSA) is 85.5 Å². The molecule has 4 rings (SSSR count). The molecule has 2 amide bonds. The smallest absolute Gasteiger partial charge is 0.313 e. The molecule has 2 aliphatic heterocycles. The zero-order valence-electron chi connectivity index (χ0n) is 18.0. The number of hydrogen-bond acceptors (Lipinski definition) is 4. The average Bonchev–Trinajstić information content (AvgIpc) is 3.24. The summed E-state index contributed by atoms with van der Waals surface area (Å²) in [5.74, 6) is 0.170. The van der Waals surface area contributed by atoms with Gasteiger partial charge in [0.2, 0.25) is 6.79 Å². The highest BCUT2D eigenvalue weighted by Gasteiger charge is 2.31. The lowest BCUT2D eigenvalue weighted by Gasteiger charge is -2.33. The zero-order chi connectivity index (χ0) is 21.8. The highest BCUT2D eigenvalue weighted by atomic mass is 16.7. The summed E-state index contributed by atoms with van der Waals surface area (Å²) < 4.78 is 11.0. The van der Waals surface area contributed by atoms with Gasteiger partial charge < -0.3 is 29.9 Å². The molecular formula is C23H30N4O4+2. The molecule has 0 radical (unpaired) electrons. The maximum atomic E-state index is 12.5. The van der Waals surface area contributed by atoms with E-state index >= 15 is 0 Å². The Morgan fingerprint density at radius 1 is 0.968 bits per heavy atom. The van der Waals surface area contributed by atoms with Gasteiger partial charge in [0.15, 0.2) is 11.5 Å². The fraction of sp³-hybridized carbons (Fsp3) is 0.391. The quantitative estimate of drug-likeness (QED) is 0.459. The van der Waals surface area contributed by atoms with Crippen molar-refractivity contribution in [2.24, 2.45) is 0 Å². The minimum absolute atomic E-state index is 0.0266. The Morgan fingerprint density at radius 3 is 2.42 bits per heavy atom. The van der Waals surface area contributed by atoms with Gasteiger partial charge in [0, 0.05) is 11.3 Å². The predicted octanol–water partition coefficient (Wildman–Crippen LogP) is -1.07. The van der Waals surface area contributed by atoms with Crippen LogP contribution in [0.2, 0.25) is 0 Å². The van der Waals surface area contributed by atoms with E-state index in [1.807, 2.05) is 37.3 Å². The van der Waals surface area contributed by atoms with E-state index in [0.717, 1.165) is 48.8 Å².